The summed E-state index contributed by atoms with van der Waals surface area (Å²) in [4.78, 5) is 17.0. The summed E-state index contributed by atoms with van der Waals surface area (Å²) in [5, 5.41) is 0. The zero-order valence-electron chi connectivity index (χ0n) is 25.5. The van der Waals surface area contributed by atoms with Gasteiger partial charge in [0.15, 0.2) is 0 Å². The van der Waals surface area contributed by atoms with Gasteiger partial charge in [-0.3, -0.25) is 4.52 Å². The van der Waals surface area contributed by atoms with E-state index in [0.29, 0.717) is 92.5 Å². The number of ether oxygens (including phenoxy) is 8. The Hall–Kier alpha value is -0.210. The van der Waals surface area contributed by atoms with Crippen LogP contribution >= 0.6 is 7.82 Å². The van der Waals surface area contributed by atoms with Gasteiger partial charge in [-0.1, -0.05) is 64.7 Å². The van der Waals surface area contributed by atoms with Crippen molar-refractivity contribution in [1.29, 1.82) is 0 Å². The number of hydrogen-bond acceptors (Lipinski definition) is 10. The lowest BCUT2D eigenvalue weighted by atomic mass is 10.1. The van der Waals surface area contributed by atoms with Crippen LogP contribution in [0.4, 0.5) is 0 Å². The highest BCUT2D eigenvalue weighted by Gasteiger charge is 2.12. The molecule has 13 heteroatoms. The SMILES string of the molecule is CCCCCCCCCCCCOCCOCCOCCOCCOCCOCCOCCOCCOP(=O)(O)O. The Bertz CT molecular complexity index is 538. The minimum Gasteiger partial charge on any atom is -0.379 e. The van der Waals surface area contributed by atoms with Crippen molar-refractivity contribution in [2.75, 3.05) is 112 Å². The average molecular weight is 619 g/mol. The van der Waals surface area contributed by atoms with Crippen LogP contribution < -0.4 is 0 Å². The van der Waals surface area contributed by atoms with Crippen LogP contribution in [0.3, 0.4) is 0 Å². The lowest BCUT2D eigenvalue weighted by Gasteiger charge is -2.09. The Morgan fingerprint density at radius 1 is 0.366 bits per heavy atom. The third-order valence-electron chi connectivity index (χ3n) is 5.73. The molecule has 0 saturated heterocycles. The molecule has 0 aromatic carbocycles. The Balaban J connectivity index is 3.05. The van der Waals surface area contributed by atoms with Crippen molar-refractivity contribution in [3.8, 4) is 0 Å². The highest BCUT2D eigenvalue weighted by atomic mass is 31.2. The van der Waals surface area contributed by atoms with Gasteiger partial charge in [0.25, 0.3) is 0 Å². The Morgan fingerprint density at radius 2 is 0.610 bits per heavy atom. The van der Waals surface area contributed by atoms with Crippen molar-refractivity contribution in [1.82, 2.24) is 0 Å². The summed E-state index contributed by atoms with van der Waals surface area (Å²) in [6.07, 6.45) is 13.3. The van der Waals surface area contributed by atoms with Gasteiger partial charge in [0.05, 0.1) is 106 Å². The van der Waals surface area contributed by atoms with Crippen LogP contribution in [0.5, 0.6) is 0 Å². The molecule has 0 unspecified atom stereocenters. The van der Waals surface area contributed by atoms with Crippen LogP contribution in [0.2, 0.25) is 0 Å². The van der Waals surface area contributed by atoms with Crippen LogP contribution in [-0.2, 0) is 47.0 Å². The number of unbranched alkanes of at least 4 members (excludes halogenated alkanes) is 9. The van der Waals surface area contributed by atoms with Gasteiger partial charge < -0.3 is 47.7 Å². The molecule has 0 saturated carbocycles. The predicted octanol–water partition coefficient (Wildman–Crippen LogP) is 4.15. The number of rotatable bonds is 36. The summed E-state index contributed by atoms with van der Waals surface area (Å²) < 4.78 is 58.0. The third kappa shape index (κ3) is 39.8. The van der Waals surface area contributed by atoms with Crippen LogP contribution in [0, 0.1) is 0 Å². The maximum atomic E-state index is 10.5. The summed E-state index contributed by atoms with van der Waals surface area (Å²) in [6, 6.07) is 0. The van der Waals surface area contributed by atoms with Crippen LogP contribution in [0.15, 0.2) is 0 Å². The summed E-state index contributed by atoms with van der Waals surface area (Å²) >= 11 is 0. The first-order chi connectivity index (χ1) is 20.1. The standard InChI is InChI=1S/C28H59O12P/c1-2-3-4-5-6-7-8-9-10-11-12-32-13-14-33-15-16-34-17-18-35-19-20-36-21-22-37-23-24-38-25-26-39-27-28-40-41(29,30)31/h2-28H2,1H3,(H2,29,30,31). The second-order valence-corrected chi connectivity index (χ2v) is 10.6. The summed E-state index contributed by atoms with van der Waals surface area (Å²) in [6.45, 7) is 9.83. The van der Waals surface area contributed by atoms with E-state index in [1.54, 1.807) is 0 Å². The molecule has 2 N–H and O–H groups in total. The van der Waals surface area contributed by atoms with E-state index in [1.807, 2.05) is 0 Å². The first-order valence-electron chi connectivity index (χ1n) is 15.4. The molecular formula is C28H59O12P. The molecule has 0 aliphatic rings. The predicted molar refractivity (Wildman–Crippen MR) is 156 cm³/mol. The quantitative estimate of drug-likeness (QED) is 0.0770. The van der Waals surface area contributed by atoms with E-state index in [-0.39, 0.29) is 13.2 Å². The van der Waals surface area contributed by atoms with E-state index in [0.717, 1.165) is 13.0 Å². The highest BCUT2D eigenvalue weighted by molar-refractivity contribution is 7.46. The van der Waals surface area contributed by atoms with Crippen molar-refractivity contribution in [2.24, 2.45) is 0 Å². The lowest BCUT2D eigenvalue weighted by molar-refractivity contribution is -0.0238. The van der Waals surface area contributed by atoms with E-state index in [9.17, 15) is 4.57 Å². The summed E-state index contributed by atoms with van der Waals surface area (Å²) in [5.41, 5.74) is 0. The van der Waals surface area contributed by atoms with E-state index >= 15 is 0 Å². The molecule has 0 amide bonds. The molecule has 0 spiro atoms. The van der Waals surface area contributed by atoms with Crippen molar-refractivity contribution < 1.29 is 56.8 Å². The Kier molecular flexibility index (Phi) is 34.1. The van der Waals surface area contributed by atoms with Gasteiger partial charge in [-0.05, 0) is 6.42 Å². The van der Waals surface area contributed by atoms with Gasteiger partial charge >= 0.3 is 7.82 Å². The molecule has 0 heterocycles. The molecule has 0 atom stereocenters. The second kappa shape index (κ2) is 34.3. The average Bonchev–Trinajstić information content (AvgIpc) is 2.94. The molecule has 0 aromatic rings. The molecule has 0 bridgehead atoms. The van der Waals surface area contributed by atoms with Gasteiger partial charge in [0.2, 0.25) is 0 Å². The zero-order chi connectivity index (χ0) is 30.0. The molecule has 12 nitrogen and oxygen atoms in total. The Labute approximate surface area is 248 Å². The summed E-state index contributed by atoms with van der Waals surface area (Å²) in [5.74, 6) is 0. The van der Waals surface area contributed by atoms with E-state index in [4.69, 9.17) is 47.7 Å². The second-order valence-electron chi connectivity index (χ2n) is 9.40. The maximum Gasteiger partial charge on any atom is 0.469 e. The van der Waals surface area contributed by atoms with E-state index < -0.39 is 7.82 Å². The number of hydrogen-bond donors (Lipinski definition) is 2. The van der Waals surface area contributed by atoms with Gasteiger partial charge in [-0.2, -0.15) is 0 Å². The highest BCUT2D eigenvalue weighted by Crippen LogP contribution is 2.35. The van der Waals surface area contributed by atoms with Gasteiger partial charge in [0.1, 0.15) is 0 Å². The van der Waals surface area contributed by atoms with Gasteiger partial charge in [-0.15, -0.1) is 0 Å². The molecule has 0 radical (unpaired) electrons. The van der Waals surface area contributed by atoms with Crippen molar-refractivity contribution in [2.45, 2.75) is 71.1 Å². The smallest absolute Gasteiger partial charge is 0.379 e. The fourth-order valence-electron chi connectivity index (χ4n) is 3.55. The lowest BCUT2D eigenvalue weighted by Crippen LogP contribution is -2.15. The molecule has 0 aliphatic carbocycles. The fourth-order valence-corrected chi connectivity index (χ4v) is 3.86. The first-order valence-corrected chi connectivity index (χ1v) is 16.9. The van der Waals surface area contributed by atoms with Crippen molar-refractivity contribution >= 4 is 7.82 Å². The molecule has 0 rings (SSSR count). The van der Waals surface area contributed by atoms with Crippen molar-refractivity contribution in [3.05, 3.63) is 0 Å². The molecule has 0 aromatic heterocycles. The molecule has 0 aliphatic heterocycles. The summed E-state index contributed by atoms with van der Waals surface area (Å²) in [7, 11) is -4.43. The molecular weight excluding hydrogens is 559 g/mol. The zero-order valence-corrected chi connectivity index (χ0v) is 26.4. The largest absolute Gasteiger partial charge is 0.469 e. The van der Waals surface area contributed by atoms with E-state index in [1.165, 1.54) is 57.8 Å². The fraction of sp³-hybridized carbons (Fsp3) is 1.00. The van der Waals surface area contributed by atoms with Gasteiger partial charge in [0, 0.05) is 6.61 Å². The minimum absolute atomic E-state index is 0.0871. The number of phosphoric acid groups is 1. The minimum atomic E-state index is -4.43. The monoisotopic (exact) mass is 618 g/mol. The van der Waals surface area contributed by atoms with Gasteiger partial charge in [-0.25, -0.2) is 4.57 Å². The number of phosphoric ester groups is 1. The first kappa shape index (κ1) is 40.8. The van der Waals surface area contributed by atoms with Crippen LogP contribution in [0.1, 0.15) is 71.1 Å². The van der Waals surface area contributed by atoms with Crippen LogP contribution in [-0.4, -0.2) is 122 Å². The van der Waals surface area contributed by atoms with Crippen LogP contribution in [0.25, 0.3) is 0 Å². The normalized spacial score (nSPS) is 12.0. The molecule has 41 heavy (non-hydrogen) atoms. The van der Waals surface area contributed by atoms with Crippen molar-refractivity contribution in [3.63, 3.8) is 0 Å². The van der Waals surface area contributed by atoms with E-state index in [2.05, 4.69) is 11.4 Å². The molecule has 0 fully saturated rings. The maximum absolute atomic E-state index is 10.5. The topological polar surface area (TPSA) is 141 Å². The third-order valence-corrected chi connectivity index (χ3v) is 6.25. The molecule has 248 valence electrons. The Morgan fingerprint density at radius 3 is 0.902 bits per heavy atom.